The fourth-order valence-electron chi connectivity index (χ4n) is 1.42. The van der Waals surface area contributed by atoms with Crippen LogP contribution in [0.2, 0.25) is 0 Å². The molecule has 0 spiro atoms. The molecule has 2 nitrogen and oxygen atoms in total. The summed E-state index contributed by atoms with van der Waals surface area (Å²) in [6.45, 7) is 6.68. The van der Waals surface area contributed by atoms with E-state index >= 15 is 0 Å². The predicted molar refractivity (Wildman–Crippen MR) is 48.9 cm³/mol. The minimum atomic E-state index is 0.644. The van der Waals surface area contributed by atoms with E-state index in [-0.39, 0.29) is 0 Å². The van der Waals surface area contributed by atoms with Crippen LogP contribution >= 0.6 is 11.6 Å². The maximum absolute atomic E-state index is 5.69. The van der Waals surface area contributed by atoms with Gasteiger partial charge in [-0.25, -0.2) is 0 Å². The van der Waals surface area contributed by atoms with Crippen molar-refractivity contribution < 1.29 is 0 Å². The van der Waals surface area contributed by atoms with Gasteiger partial charge in [-0.05, 0) is 20.0 Å². The summed E-state index contributed by atoms with van der Waals surface area (Å²) in [4.78, 5) is 2.25. The van der Waals surface area contributed by atoms with Gasteiger partial charge in [0.05, 0.1) is 0 Å². The Bertz CT molecular complexity index is 141. The summed E-state index contributed by atoms with van der Waals surface area (Å²) in [6, 6.07) is 0.644. The third kappa shape index (κ3) is 2.81. The van der Waals surface area contributed by atoms with E-state index in [0.717, 1.165) is 24.7 Å². The van der Waals surface area contributed by atoms with E-state index in [2.05, 4.69) is 23.8 Å². The van der Waals surface area contributed by atoms with Gasteiger partial charge in [-0.3, -0.25) is 4.90 Å². The quantitative estimate of drug-likeness (QED) is 0.688. The summed E-state index contributed by atoms with van der Waals surface area (Å²) in [6.07, 6.45) is 1.22. The van der Waals surface area contributed by atoms with Gasteiger partial charge in [0.15, 0.2) is 0 Å². The van der Waals surface area contributed by atoms with Crippen LogP contribution in [-0.4, -0.2) is 37.6 Å². The molecule has 64 valence electrons. The van der Waals surface area contributed by atoms with Gasteiger partial charge in [-0.15, -0.1) is 0 Å². The van der Waals surface area contributed by atoms with Gasteiger partial charge >= 0.3 is 0 Å². The van der Waals surface area contributed by atoms with Gasteiger partial charge in [0.2, 0.25) is 0 Å². The van der Waals surface area contributed by atoms with E-state index in [0.29, 0.717) is 6.04 Å². The van der Waals surface area contributed by atoms with Crippen molar-refractivity contribution in [2.45, 2.75) is 12.5 Å². The molecule has 0 aromatic carbocycles. The summed E-state index contributed by atoms with van der Waals surface area (Å²) in [5, 5.41) is 4.03. The standard InChI is InChI=1S/C8H15ClN2/c1-7(9)6-11(2)8-3-4-10-5-8/h8,10H,1,3-6H2,2H3. The molecule has 0 aliphatic carbocycles. The van der Waals surface area contributed by atoms with Crippen molar-refractivity contribution in [3.8, 4) is 0 Å². The first kappa shape index (κ1) is 9.04. The van der Waals surface area contributed by atoms with Crippen LogP contribution in [0.4, 0.5) is 0 Å². The highest BCUT2D eigenvalue weighted by atomic mass is 35.5. The molecule has 0 aromatic rings. The van der Waals surface area contributed by atoms with Crippen LogP contribution < -0.4 is 5.32 Å². The number of halogens is 1. The first-order valence-corrected chi connectivity index (χ1v) is 4.32. The Morgan fingerprint density at radius 2 is 2.55 bits per heavy atom. The number of hydrogen-bond donors (Lipinski definition) is 1. The molecule has 1 unspecified atom stereocenters. The molecule has 1 rings (SSSR count). The zero-order valence-corrected chi connectivity index (χ0v) is 7.69. The molecule has 1 atom stereocenters. The molecule has 3 heteroatoms. The largest absolute Gasteiger partial charge is 0.315 e. The van der Waals surface area contributed by atoms with Crippen LogP contribution in [0.15, 0.2) is 11.6 Å². The van der Waals surface area contributed by atoms with Gasteiger partial charge < -0.3 is 5.32 Å². The van der Waals surface area contributed by atoms with Crippen molar-refractivity contribution in [3.05, 3.63) is 11.6 Å². The monoisotopic (exact) mass is 174 g/mol. The average molecular weight is 175 g/mol. The topological polar surface area (TPSA) is 15.3 Å². The lowest BCUT2D eigenvalue weighted by Gasteiger charge is -2.22. The lowest BCUT2D eigenvalue weighted by Crippen LogP contribution is -2.34. The number of hydrogen-bond acceptors (Lipinski definition) is 2. The van der Waals surface area contributed by atoms with Crippen molar-refractivity contribution >= 4 is 11.6 Å². The Balaban J connectivity index is 2.28. The van der Waals surface area contributed by atoms with Crippen LogP contribution in [0, 0.1) is 0 Å². The minimum absolute atomic E-state index is 0.644. The molecule has 11 heavy (non-hydrogen) atoms. The van der Waals surface area contributed by atoms with Crippen molar-refractivity contribution in [1.29, 1.82) is 0 Å². The van der Waals surface area contributed by atoms with Crippen molar-refractivity contribution in [3.63, 3.8) is 0 Å². The van der Waals surface area contributed by atoms with E-state index in [1.807, 2.05) is 0 Å². The Morgan fingerprint density at radius 3 is 3.00 bits per heavy atom. The minimum Gasteiger partial charge on any atom is -0.315 e. The van der Waals surface area contributed by atoms with Crippen LogP contribution in [0.25, 0.3) is 0 Å². The summed E-state index contributed by atoms with van der Waals surface area (Å²) >= 11 is 5.69. The van der Waals surface area contributed by atoms with Crippen LogP contribution in [0.3, 0.4) is 0 Å². The highest BCUT2D eigenvalue weighted by Gasteiger charge is 2.18. The zero-order chi connectivity index (χ0) is 8.27. The Kier molecular flexibility index (Phi) is 3.37. The predicted octanol–water partition coefficient (Wildman–Crippen LogP) is 1.03. The summed E-state index contributed by atoms with van der Waals surface area (Å²) in [5.41, 5.74) is 0. The van der Waals surface area contributed by atoms with Gasteiger partial charge in [0.25, 0.3) is 0 Å². The van der Waals surface area contributed by atoms with E-state index in [1.54, 1.807) is 0 Å². The molecule has 0 amide bonds. The number of rotatable bonds is 3. The molecule has 1 fully saturated rings. The van der Waals surface area contributed by atoms with Gasteiger partial charge in [-0.2, -0.15) is 0 Å². The van der Waals surface area contributed by atoms with Gasteiger partial charge in [0, 0.05) is 24.2 Å². The summed E-state index contributed by atoms with van der Waals surface area (Å²) < 4.78 is 0. The van der Waals surface area contributed by atoms with E-state index < -0.39 is 0 Å². The molecular weight excluding hydrogens is 160 g/mol. The Labute approximate surface area is 73.2 Å². The Hall–Kier alpha value is -0.0500. The SMILES string of the molecule is C=C(Cl)CN(C)C1CCNC1. The highest BCUT2D eigenvalue weighted by molar-refractivity contribution is 6.29. The summed E-state index contributed by atoms with van der Waals surface area (Å²) in [7, 11) is 2.09. The highest BCUT2D eigenvalue weighted by Crippen LogP contribution is 2.09. The molecule has 0 radical (unpaired) electrons. The van der Waals surface area contributed by atoms with Gasteiger partial charge in [-0.1, -0.05) is 18.2 Å². The van der Waals surface area contributed by atoms with Gasteiger partial charge in [0.1, 0.15) is 0 Å². The van der Waals surface area contributed by atoms with Crippen LogP contribution in [0.1, 0.15) is 6.42 Å². The first-order chi connectivity index (χ1) is 5.20. The van der Waals surface area contributed by atoms with Crippen molar-refractivity contribution in [1.82, 2.24) is 10.2 Å². The molecule has 0 saturated carbocycles. The third-order valence-corrected chi connectivity index (χ3v) is 2.20. The van der Waals surface area contributed by atoms with E-state index in [4.69, 9.17) is 11.6 Å². The third-order valence-electron chi connectivity index (χ3n) is 2.08. The fraction of sp³-hybridized carbons (Fsp3) is 0.750. The molecule has 1 saturated heterocycles. The number of likely N-dealkylation sites (N-methyl/N-ethyl adjacent to an activating group) is 1. The molecular formula is C8H15ClN2. The lowest BCUT2D eigenvalue weighted by atomic mass is 10.2. The number of nitrogens with zero attached hydrogens (tertiary/aromatic N) is 1. The zero-order valence-electron chi connectivity index (χ0n) is 6.94. The van der Waals surface area contributed by atoms with Crippen molar-refractivity contribution in [2.24, 2.45) is 0 Å². The van der Waals surface area contributed by atoms with E-state index in [1.165, 1.54) is 6.42 Å². The lowest BCUT2D eigenvalue weighted by molar-refractivity contribution is 0.282. The maximum atomic E-state index is 5.69. The molecule has 1 aliphatic rings. The average Bonchev–Trinajstić information content (AvgIpc) is 2.35. The smallest absolute Gasteiger partial charge is 0.0336 e. The van der Waals surface area contributed by atoms with Crippen LogP contribution in [-0.2, 0) is 0 Å². The second kappa shape index (κ2) is 4.10. The second-order valence-electron chi connectivity index (χ2n) is 3.08. The number of nitrogens with one attached hydrogen (secondary N) is 1. The molecule has 1 heterocycles. The normalized spacial score (nSPS) is 24.5. The first-order valence-electron chi connectivity index (χ1n) is 3.94. The maximum Gasteiger partial charge on any atom is 0.0336 e. The molecule has 1 N–H and O–H groups in total. The Morgan fingerprint density at radius 1 is 1.82 bits per heavy atom. The molecule has 0 bridgehead atoms. The molecule has 0 aromatic heterocycles. The fourth-order valence-corrected chi connectivity index (χ4v) is 1.60. The van der Waals surface area contributed by atoms with Crippen molar-refractivity contribution in [2.75, 3.05) is 26.7 Å². The summed E-state index contributed by atoms with van der Waals surface area (Å²) in [5.74, 6) is 0. The van der Waals surface area contributed by atoms with E-state index in [9.17, 15) is 0 Å². The molecule has 1 aliphatic heterocycles. The second-order valence-corrected chi connectivity index (χ2v) is 3.61. The van der Waals surface area contributed by atoms with Crippen LogP contribution in [0.5, 0.6) is 0 Å².